The molecule has 0 aliphatic rings. The zero-order chi connectivity index (χ0) is 8.85. The molecule has 0 aromatic rings. The van der Waals surface area contributed by atoms with E-state index in [-0.39, 0.29) is 0 Å². The predicted molar refractivity (Wildman–Crippen MR) is 52.6 cm³/mol. The summed E-state index contributed by atoms with van der Waals surface area (Å²) in [7, 11) is 0. The van der Waals surface area contributed by atoms with E-state index in [0.29, 0.717) is 0 Å². The van der Waals surface area contributed by atoms with Crippen molar-refractivity contribution in [1.82, 2.24) is 0 Å². The molecule has 0 heterocycles. The lowest BCUT2D eigenvalue weighted by Crippen LogP contribution is -1.93. The minimum atomic E-state index is 0.727. The maximum Gasteiger partial charge on any atom is -0.0234 e. The van der Waals surface area contributed by atoms with Crippen molar-refractivity contribution in [2.45, 2.75) is 41.0 Å². The van der Waals surface area contributed by atoms with Gasteiger partial charge in [-0.2, -0.15) is 0 Å². The molecule has 0 saturated heterocycles. The first kappa shape index (κ1) is 10.5. The molecule has 64 valence electrons. The van der Waals surface area contributed by atoms with Gasteiger partial charge in [0.25, 0.3) is 0 Å². The summed E-state index contributed by atoms with van der Waals surface area (Å²) in [5.74, 6) is 0.727. The van der Waals surface area contributed by atoms with Crippen molar-refractivity contribution in [2.24, 2.45) is 5.92 Å². The maximum atomic E-state index is 2.27. The van der Waals surface area contributed by atoms with Crippen LogP contribution in [0.3, 0.4) is 0 Å². The van der Waals surface area contributed by atoms with Crippen LogP contribution in [-0.2, 0) is 0 Å². The second kappa shape index (κ2) is 5.17. The normalized spacial score (nSPS) is 16.8. The molecule has 0 aliphatic heterocycles. The molecule has 1 atom stereocenters. The second-order valence-electron chi connectivity index (χ2n) is 3.23. The Bertz CT molecular complexity index is 161. The van der Waals surface area contributed by atoms with E-state index in [1.165, 1.54) is 17.6 Å². The average Bonchev–Trinajstić information content (AvgIpc) is 2.02. The molecular formula is C11H20. The Morgan fingerprint density at radius 3 is 2.27 bits per heavy atom. The van der Waals surface area contributed by atoms with E-state index in [1.54, 1.807) is 0 Å². The molecule has 0 amide bonds. The molecule has 0 saturated carbocycles. The van der Waals surface area contributed by atoms with Gasteiger partial charge in [0.05, 0.1) is 0 Å². The molecular weight excluding hydrogens is 132 g/mol. The van der Waals surface area contributed by atoms with Gasteiger partial charge in [-0.1, -0.05) is 37.1 Å². The predicted octanol–water partition coefficient (Wildman–Crippen LogP) is 3.95. The average molecular weight is 152 g/mol. The van der Waals surface area contributed by atoms with Gasteiger partial charge in [-0.15, -0.1) is 0 Å². The minimum Gasteiger partial charge on any atom is -0.0847 e. The Kier molecular flexibility index (Phi) is 4.93. The van der Waals surface area contributed by atoms with Crippen LogP contribution >= 0.6 is 0 Å². The summed E-state index contributed by atoms with van der Waals surface area (Å²) >= 11 is 0. The van der Waals surface area contributed by atoms with Gasteiger partial charge < -0.3 is 0 Å². The van der Waals surface area contributed by atoms with Gasteiger partial charge in [0.15, 0.2) is 0 Å². The van der Waals surface area contributed by atoms with E-state index in [4.69, 9.17) is 0 Å². The topological polar surface area (TPSA) is 0 Å². The third-order valence-corrected chi connectivity index (χ3v) is 2.30. The minimum absolute atomic E-state index is 0.727. The number of hydrogen-bond donors (Lipinski definition) is 0. The SMILES string of the molecule is C/C=C(C)\C=C(\C)C(C)CC. The lowest BCUT2D eigenvalue weighted by molar-refractivity contribution is 0.655. The molecule has 0 aromatic carbocycles. The highest BCUT2D eigenvalue weighted by Gasteiger charge is 1.99. The lowest BCUT2D eigenvalue weighted by Gasteiger charge is -2.08. The molecule has 0 aliphatic carbocycles. The van der Waals surface area contributed by atoms with Crippen LogP contribution in [-0.4, -0.2) is 0 Å². The quantitative estimate of drug-likeness (QED) is 0.537. The van der Waals surface area contributed by atoms with Crippen LogP contribution in [0.5, 0.6) is 0 Å². The third-order valence-electron chi connectivity index (χ3n) is 2.30. The van der Waals surface area contributed by atoms with Gasteiger partial charge in [-0.25, -0.2) is 0 Å². The fourth-order valence-electron chi connectivity index (χ4n) is 0.907. The van der Waals surface area contributed by atoms with E-state index in [2.05, 4.69) is 46.8 Å². The molecule has 0 rings (SSSR count). The summed E-state index contributed by atoms with van der Waals surface area (Å²) in [5, 5.41) is 0. The van der Waals surface area contributed by atoms with Crippen LogP contribution in [0.2, 0.25) is 0 Å². The fraction of sp³-hybridized carbons (Fsp3) is 0.636. The largest absolute Gasteiger partial charge is 0.0847 e. The first-order chi connectivity index (χ1) is 5.11. The highest BCUT2D eigenvalue weighted by atomic mass is 14.0. The number of allylic oxidation sites excluding steroid dienone is 4. The monoisotopic (exact) mass is 152 g/mol. The summed E-state index contributed by atoms with van der Waals surface area (Å²) in [6, 6.07) is 0. The van der Waals surface area contributed by atoms with E-state index in [9.17, 15) is 0 Å². The van der Waals surface area contributed by atoms with E-state index >= 15 is 0 Å². The molecule has 0 aromatic heterocycles. The molecule has 0 heteroatoms. The van der Waals surface area contributed by atoms with Gasteiger partial charge in [0.2, 0.25) is 0 Å². The van der Waals surface area contributed by atoms with E-state index in [1.807, 2.05) is 0 Å². The van der Waals surface area contributed by atoms with E-state index < -0.39 is 0 Å². The second-order valence-corrected chi connectivity index (χ2v) is 3.23. The van der Waals surface area contributed by atoms with Gasteiger partial charge >= 0.3 is 0 Å². The molecule has 0 N–H and O–H groups in total. The molecule has 11 heavy (non-hydrogen) atoms. The summed E-state index contributed by atoms with van der Waals surface area (Å²) in [6.07, 6.45) is 5.65. The summed E-state index contributed by atoms with van der Waals surface area (Å²) < 4.78 is 0. The van der Waals surface area contributed by atoms with Gasteiger partial charge in [-0.3, -0.25) is 0 Å². The summed E-state index contributed by atoms with van der Waals surface area (Å²) in [4.78, 5) is 0. The Hall–Kier alpha value is -0.520. The molecule has 0 fully saturated rings. The van der Waals surface area contributed by atoms with Crippen molar-refractivity contribution in [3.05, 3.63) is 23.3 Å². The standard InChI is InChI=1S/C11H20/c1-6-9(3)8-11(5)10(4)7-2/h6,8,10H,7H2,1-5H3/b9-6-,11-8-. The molecule has 0 spiro atoms. The lowest BCUT2D eigenvalue weighted by atomic mass is 9.98. The van der Waals surface area contributed by atoms with Gasteiger partial charge in [0, 0.05) is 0 Å². The molecule has 0 bridgehead atoms. The fourth-order valence-corrected chi connectivity index (χ4v) is 0.907. The molecule has 0 nitrogen and oxygen atoms in total. The van der Waals surface area contributed by atoms with Crippen LogP contribution in [0, 0.1) is 5.92 Å². The highest BCUT2D eigenvalue weighted by molar-refractivity contribution is 5.20. The van der Waals surface area contributed by atoms with Crippen molar-refractivity contribution >= 4 is 0 Å². The van der Waals surface area contributed by atoms with Crippen LogP contribution in [0.4, 0.5) is 0 Å². The molecule has 1 unspecified atom stereocenters. The van der Waals surface area contributed by atoms with Crippen molar-refractivity contribution < 1.29 is 0 Å². The Morgan fingerprint density at radius 2 is 1.91 bits per heavy atom. The van der Waals surface area contributed by atoms with Crippen LogP contribution in [0.15, 0.2) is 23.3 Å². The van der Waals surface area contributed by atoms with Crippen LogP contribution in [0.25, 0.3) is 0 Å². The third kappa shape index (κ3) is 4.02. The maximum absolute atomic E-state index is 2.27. The van der Waals surface area contributed by atoms with Crippen LogP contribution in [0.1, 0.15) is 41.0 Å². The van der Waals surface area contributed by atoms with Crippen molar-refractivity contribution in [1.29, 1.82) is 0 Å². The number of hydrogen-bond acceptors (Lipinski definition) is 0. The van der Waals surface area contributed by atoms with Crippen molar-refractivity contribution in [3.63, 3.8) is 0 Å². The number of rotatable bonds is 3. The first-order valence-corrected chi connectivity index (χ1v) is 4.42. The van der Waals surface area contributed by atoms with Gasteiger partial charge in [0.1, 0.15) is 0 Å². The summed E-state index contributed by atoms with van der Waals surface area (Å²) in [5.41, 5.74) is 2.85. The smallest absolute Gasteiger partial charge is 0.0234 e. The van der Waals surface area contributed by atoms with Gasteiger partial charge in [-0.05, 0) is 33.1 Å². The highest BCUT2D eigenvalue weighted by Crippen LogP contribution is 2.14. The first-order valence-electron chi connectivity index (χ1n) is 4.42. The van der Waals surface area contributed by atoms with E-state index in [0.717, 1.165) is 5.92 Å². The van der Waals surface area contributed by atoms with Crippen molar-refractivity contribution in [2.75, 3.05) is 0 Å². The Labute approximate surface area is 71.0 Å². The molecule has 0 radical (unpaired) electrons. The zero-order valence-corrected chi connectivity index (χ0v) is 8.44. The Morgan fingerprint density at radius 1 is 1.36 bits per heavy atom. The van der Waals surface area contributed by atoms with Crippen molar-refractivity contribution in [3.8, 4) is 0 Å². The Balaban J connectivity index is 4.21. The summed E-state index contributed by atoms with van der Waals surface area (Å²) in [6.45, 7) is 10.9. The van der Waals surface area contributed by atoms with Crippen LogP contribution < -0.4 is 0 Å². The zero-order valence-electron chi connectivity index (χ0n) is 8.44.